The number of nitrogens with zero attached hydrogens (tertiary/aromatic N) is 2. The SMILES string of the molecule is Cc1cc(C)c(-c2cc(Oc3cccc(C(c4ccccn4)c4ccccc4-c4ccccc4)c3)cc(-c3ccccn3)c2)c(C)c1. The predicted octanol–water partition coefficient (Wildman–Crippen LogP) is 11.4. The molecule has 228 valence electrons. The van der Waals surface area contributed by atoms with Crippen molar-refractivity contribution in [2.45, 2.75) is 26.7 Å². The van der Waals surface area contributed by atoms with Gasteiger partial charge in [0.2, 0.25) is 0 Å². The first-order valence-corrected chi connectivity index (χ1v) is 16.0. The molecule has 0 spiro atoms. The van der Waals surface area contributed by atoms with Gasteiger partial charge in [-0.05, 0) is 120 Å². The Balaban J connectivity index is 1.33. The van der Waals surface area contributed by atoms with Crippen LogP contribution in [0.5, 0.6) is 11.5 Å². The van der Waals surface area contributed by atoms with Crippen LogP contribution in [0.25, 0.3) is 33.5 Å². The summed E-state index contributed by atoms with van der Waals surface area (Å²) in [6.07, 6.45) is 3.70. The maximum Gasteiger partial charge on any atom is 0.128 e. The average molecular weight is 609 g/mol. The van der Waals surface area contributed by atoms with E-state index in [1.165, 1.54) is 38.9 Å². The highest BCUT2D eigenvalue weighted by Gasteiger charge is 2.22. The second-order valence-electron chi connectivity index (χ2n) is 12.1. The first-order chi connectivity index (χ1) is 23.0. The number of aryl methyl sites for hydroxylation is 3. The molecule has 7 rings (SSSR count). The topological polar surface area (TPSA) is 35.0 Å². The van der Waals surface area contributed by atoms with E-state index in [9.17, 15) is 0 Å². The molecule has 2 heterocycles. The molecule has 0 saturated heterocycles. The summed E-state index contributed by atoms with van der Waals surface area (Å²) < 4.78 is 6.74. The summed E-state index contributed by atoms with van der Waals surface area (Å²) in [5.41, 5.74) is 13.6. The van der Waals surface area contributed by atoms with Gasteiger partial charge in [0, 0.05) is 18.0 Å². The molecule has 0 aliphatic heterocycles. The predicted molar refractivity (Wildman–Crippen MR) is 193 cm³/mol. The third-order valence-corrected chi connectivity index (χ3v) is 8.60. The molecule has 3 nitrogen and oxygen atoms in total. The van der Waals surface area contributed by atoms with Crippen LogP contribution in [-0.4, -0.2) is 9.97 Å². The molecule has 0 aliphatic rings. The lowest BCUT2D eigenvalue weighted by molar-refractivity contribution is 0.482. The summed E-state index contributed by atoms with van der Waals surface area (Å²) in [5.74, 6) is 1.44. The van der Waals surface area contributed by atoms with Crippen molar-refractivity contribution in [1.82, 2.24) is 9.97 Å². The minimum absolute atomic E-state index is 0.0931. The van der Waals surface area contributed by atoms with Crippen molar-refractivity contribution in [2.75, 3.05) is 0 Å². The summed E-state index contributed by atoms with van der Waals surface area (Å²) in [6.45, 7) is 6.50. The zero-order chi connectivity index (χ0) is 32.2. The summed E-state index contributed by atoms with van der Waals surface area (Å²) >= 11 is 0. The van der Waals surface area contributed by atoms with Crippen molar-refractivity contribution < 1.29 is 4.74 Å². The van der Waals surface area contributed by atoms with Crippen LogP contribution in [0.3, 0.4) is 0 Å². The van der Waals surface area contributed by atoms with Crippen LogP contribution < -0.4 is 4.74 Å². The minimum Gasteiger partial charge on any atom is -0.457 e. The van der Waals surface area contributed by atoms with Crippen LogP contribution >= 0.6 is 0 Å². The van der Waals surface area contributed by atoms with Crippen molar-refractivity contribution in [1.29, 1.82) is 0 Å². The van der Waals surface area contributed by atoms with Crippen LogP contribution in [0.4, 0.5) is 0 Å². The zero-order valence-electron chi connectivity index (χ0n) is 26.9. The van der Waals surface area contributed by atoms with Gasteiger partial charge in [-0.25, -0.2) is 0 Å². The van der Waals surface area contributed by atoms with Gasteiger partial charge in [0.05, 0.1) is 17.3 Å². The molecule has 1 unspecified atom stereocenters. The number of hydrogen-bond donors (Lipinski definition) is 0. The molecule has 0 amide bonds. The van der Waals surface area contributed by atoms with Crippen molar-refractivity contribution in [3.8, 4) is 45.0 Å². The lowest BCUT2D eigenvalue weighted by Gasteiger charge is -2.22. The van der Waals surface area contributed by atoms with E-state index in [0.29, 0.717) is 0 Å². The summed E-state index contributed by atoms with van der Waals surface area (Å²) in [5, 5.41) is 0. The Labute approximate surface area is 277 Å². The number of benzene rings is 5. The van der Waals surface area contributed by atoms with E-state index in [-0.39, 0.29) is 5.92 Å². The van der Waals surface area contributed by atoms with E-state index >= 15 is 0 Å². The quantitative estimate of drug-likeness (QED) is 0.172. The highest BCUT2D eigenvalue weighted by Crippen LogP contribution is 2.40. The molecule has 1 atom stereocenters. The molecule has 3 heteroatoms. The molecule has 0 aliphatic carbocycles. The zero-order valence-corrected chi connectivity index (χ0v) is 26.9. The molecule has 0 saturated carbocycles. The maximum atomic E-state index is 6.74. The van der Waals surface area contributed by atoms with E-state index in [1.807, 2.05) is 42.7 Å². The van der Waals surface area contributed by atoms with Crippen molar-refractivity contribution in [3.05, 3.63) is 191 Å². The average Bonchev–Trinajstić information content (AvgIpc) is 3.10. The van der Waals surface area contributed by atoms with E-state index in [1.54, 1.807) is 0 Å². The molecule has 47 heavy (non-hydrogen) atoms. The van der Waals surface area contributed by atoms with Gasteiger partial charge in [-0.15, -0.1) is 0 Å². The van der Waals surface area contributed by atoms with Gasteiger partial charge in [0.1, 0.15) is 11.5 Å². The standard InChI is InChI=1S/C44H36N2O/c1-30-24-31(2)43(32(3)25-30)36-26-35(41-20-9-11-22-45-41)28-38(29-36)47-37-17-13-16-34(27-37)44(42-21-10-12-23-46-42)40-19-8-7-18-39(40)33-14-5-4-6-15-33/h4-29,44H,1-3H3. The minimum atomic E-state index is -0.0931. The fourth-order valence-corrected chi connectivity index (χ4v) is 6.70. The Bertz CT molecular complexity index is 2120. The number of aromatic nitrogens is 2. The number of hydrogen-bond acceptors (Lipinski definition) is 3. The second-order valence-corrected chi connectivity index (χ2v) is 12.1. The fourth-order valence-electron chi connectivity index (χ4n) is 6.70. The first-order valence-electron chi connectivity index (χ1n) is 16.0. The van der Waals surface area contributed by atoms with Crippen molar-refractivity contribution >= 4 is 0 Å². The van der Waals surface area contributed by atoms with E-state index in [4.69, 9.17) is 9.72 Å². The van der Waals surface area contributed by atoms with Crippen LogP contribution in [0, 0.1) is 20.8 Å². The third kappa shape index (κ3) is 6.47. The Morgan fingerprint density at radius 2 is 1.21 bits per heavy atom. The van der Waals surface area contributed by atoms with Crippen LogP contribution in [0.1, 0.15) is 39.4 Å². The van der Waals surface area contributed by atoms with Crippen LogP contribution in [0.15, 0.2) is 158 Å². The Hall–Kier alpha value is -5.80. The molecule has 0 bridgehead atoms. The lowest BCUT2D eigenvalue weighted by Crippen LogP contribution is -2.07. The monoisotopic (exact) mass is 608 g/mol. The van der Waals surface area contributed by atoms with Crippen molar-refractivity contribution in [3.63, 3.8) is 0 Å². The van der Waals surface area contributed by atoms with Gasteiger partial charge in [-0.3, -0.25) is 9.97 Å². The summed E-state index contributed by atoms with van der Waals surface area (Å²) in [7, 11) is 0. The van der Waals surface area contributed by atoms with Gasteiger partial charge in [-0.2, -0.15) is 0 Å². The maximum absolute atomic E-state index is 6.74. The number of rotatable bonds is 8. The first kappa shape index (κ1) is 29.9. The van der Waals surface area contributed by atoms with Crippen LogP contribution in [-0.2, 0) is 0 Å². The molecular weight excluding hydrogens is 572 g/mol. The molecular formula is C44H36N2O. The molecule has 0 radical (unpaired) electrons. The molecule has 0 N–H and O–H groups in total. The lowest BCUT2D eigenvalue weighted by atomic mass is 9.83. The van der Waals surface area contributed by atoms with Gasteiger partial charge < -0.3 is 4.74 Å². The Kier molecular flexibility index (Phi) is 8.44. The largest absolute Gasteiger partial charge is 0.457 e. The summed E-state index contributed by atoms with van der Waals surface area (Å²) in [4.78, 5) is 9.51. The molecule has 2 aromatic heterocycles. The Morgan fingerprint density at radius 3 is 1.96 bits per heavy atom. The molecule has 7 aromatic rings. The molecule has 0 fully saturated rings. The van der Waals surface area contributed by atoms with E-state index in [2.05, 4.69) is 141 Å². The molecule has 5 aromatic carbocycles. The normalized spacial score (nSPS) is 11.6. The van der Waals surface area contributed by atoms with Gasteiger partial charge in [0.15, 0.2) is 0 Å². The summed E-state index contributed by atoms with van der Waals surface area (Å²) in [6, 6.07) is 50.6. The third-order valence-electron chi connectivity index (χ3n) is 8.60. The van der Waals surface area contributed by atoms with Gasteiger partial charge >= 0.3 is 0 Å². The Morgan fingerprint density at radius 1 is 0.511 bits per heavy atom. The highest BCUT2D eigenvalue weighted by molar-refractivity contribution is 5.78. The van der Waals surface area contributed by atoms with Crippen LogP contribution in [0.2, 0.25) is 0 Å². The van der Waals surface area contributed by atoms with E-state index < -0.39 is 0 Å². The number of pyridine rings is 2. The smallest absolute Gasteiger partial charge is 0.128 e. The highest BCUT2D eigenvalue weighted by atomic mass is 16.5. The van der Waals surface area contributed by atoms with Gasteiger partial charge in [0.25, 0.3) is 0 Å². The number of ether oxygens (including phenoxy) is 1. The fraction of sp³-hybridized carbons (Fsp3) is 0.0909. The second kappa shape index (κ2) is 13.3. The van der Waals surface area contributed by atoms with Gasteiger partial charge in [-0.1, -0.05) is 96.6 Å². The van der Waals surface area contributed by atoms with E-state index in [0.717, 1.165) is 39.6 Å². The van der Waals surface area contributed by atoms with Crippen molar-refractivity contribution in [2.24, 2.45) is 0 Å².